The minimum Gasteiger partial charge on any atom is -0.494 e. The summed E-state index contributed by atoms with van der Waals surface area (Å²) in [6, 6.07) is 16.5. The van der Waals surface area contributed by atoms with Gasteiger partial charge in [-0.2, -0.15) is 5.10 Å². The van der Waals surface area contributed by atoms with Crippen molar-refractivity contribution in [3.63, 3.8) is 0 Å². The van der Waals surface area contributed by atoms with E-state index < -0.39 is 0 Å². The molecule has 8 heteroatoms. The number of carbonyl (C=O) groups excluding carboxylic acids is 1. The van der Waals surface area contributed by atoms with E-state index in [1.54, 1.807) is 20.3 Å². The highest BCUT2D eigenvalue weighted by atomic mass is 16.5. The highest BCUT2D eigenvalue weighted by Gasteiger charge is 2.08. The number of carbonyl (C=O) groups is 1. The van der Waals surface area contributed by atoms with Crippen molar-refractivity contribution in [3.05, 3.63) is 70.5 Å². The van der Waals surface area contributed by atoms with E-state index >= 15 is 0 Å². The monoisotopic (exact) mass is 465 g/mol. The molecule has 0 unspecified atom stereocenters. The molecule has 0 spiro atoms. The molecular formula is C26H31N3O5. The van der Waals surface area contributed by atoms with Crippen molar-refractivity contribution in [1.29, 1.82) is 0 Å². The van der Waals surface area contributed by atoms with Crippen LogP contribution in [0.1, 0.15) is 25.3 Å². The summed E-state index contributed by atoms with van der Waals surface area (Å²) in [5.74, 6) is 2.07. The van der Waals surface area contributed by atoms with Gasteiger partial charge in [-0.15, -0.1) is 0 Å². The van der Waals surface area contributed by atoms with Crippen LogP contribution in [0.4, 0.5) is 0 Å². The summed E-state index contributed by atoms with van der Waals surface area (Å²) in [4.78, 5) is 24.4. The molecule has 8 nitrogen and oxygen atoms in total. The lowest BCUT2D eigenvalue weighted by Gasteiger charge is -2.10. The number of benzene rings is 2. The largest absolute Gasteiger partial charge is 0.494 e. The van der Waals surface area contributed by atoms with Crippen LogP contribution in [0.15, 0.2) is 59.4 Å². The van der Waals surface area contributed by atoms with E-state index in [1.807, 2.05) is 49.4 Å². The molecule has 0 saturated carbocycles. The van der Waals surface area contributed by atoms with Gasteiger partial charge in [0.2, 0.25) is 5.91 Å². The van der Waals surface area contributed by atoms with Gasteiger partial charge in [-0.25, -0.2) is 4.68 Å². The number of nitrogens with one attached hydrogen (secondary N) is 1. The van der Waals surface area contributed by atoms with Crippen molar-refractivity contribution in [1.82, 2.24) is 15.1 Å². The van der Waals surface area contributed by atoms with Gasteiger partial charge in [-0.1, -0.05) is 6.07 Å². The Hall–Kier alpha value is -3.81. The van der Waals surface area contributed by atoms with Gasteiger partial charge >= 0.3 is 0 Å². The predicted octanol–water partition coefficient (Wildman–Crippen LogP) is 3.47. The van der Waals surface area contributed by atoms with Gasteiger partial charge in [0, 0.05) is 31.1 Å². The third-order valence-electron chi connectivity index (χ3n) is 5.29. The topological polar surface area (TPSA) is 91.7 Å². The van der Waals surface area contributed by atoms with Gasteiger partial charge in [0.25, 0.3) is 5.56 Å². The summed E-state index contributed by atoms with van der Waals surface area (Å²) in [5.41, 5.74) is 2.44. The fraction of sp³-hybridized carbons (Fsp3) is 0.346. The molecule has 0 bridgehead atoms. The number of aromatic nitrogens is 2. The van der Waals surface area contributed by atoms with Crippen molar-refractivity contribution in [2.75, 3.05) is 27.4 Å². The SMILES string of the molecule is CCOc1ccc(-c2ccc(=O)n(CCCC(=O)NCCc3ccc(OC)c(OC)c3)n2)cc1. The lowest BCUT2D eigenvalue weighted by Crippen LogP contribution is -2.27. The average Bonchev–Trinajstić information content (AvgIpc) is 2.86. The van der Waals surface area contributed by atoms with Crippen LogP contribution in [0.2, 0.25) is 0 Å². The zero-order chi connectivity index (χ0) is 24.3. The van der Waals surface area contributed by atoms with Crippen molar-refractivity contribution in [3.8, 4) is 28.5 Å². The number of amides is 1. The number of hydrogen-bond acceptors (Lipinski definition) is 6. The Labute approximate surface area is 199 Å². The summed E-state index contributed by atoms with van der Waals surface area (Å²) in [7, 11) is 3.19. The van der Waals surface area contributed by atoms with Crippen LogP contribution in [0.25, 0.3) is 11.3 Å². The molecule has 1 heterocycles. The molecule has 1 N–H and O–H groups in total. The highest BCUT2D eigenvalue weighted by Crippen LogP contribution is 2.27. The number of aryl methyl sites for hydroxylation is 1. The minimum absolute atomic E-state index is 0.0591. The summed E-state index contributed by atoms with van der Waals surface area (Å²) < 4.78 is 17.4. The third-order valence-corrected chi connectivity index (χ3v) is 5.29. The van der Waals surface area contributed by atoms with E-state index in [0.717, 1.165) is 16.9 Å². The average molecular weight is 466 g/mol. The zero-order valence-corrected chi connectivity index (χ0v) is 19.9. The lowest BCUT2D eigenvalue weighted by molar-refractivity contribution is -0.121. The molecule has 180 valence electrons. The molecule has 0 aliphatic carbocycles. The summed E-state index contributed by atoms with van der Waals surface area (Å²) >= 11 is 0. The van der Waals surface area contributed by atoms with Crippen LogP contribution >= 0.6 is 0 Å². The third kappa shape index (κ3) is 6.84. The van der Waals surface area contributed by atoms with E-state index in [0.29, 0.717) is 56.2 Å². The molecule has 0 aliphatic heterocycles. The summed E-state index contributed by atoms with van der Waals surface area (Å²) in [6.45, 7) is 3.42. The second-order valence-electron chi connectivity index (χ2n) is 7.63. The molecule has 0 aliphatic rings. The summed E-state index contributed by atoms with van der Waals surface area (Å²) in [5, 5.41) is 7.38. The second-order valence-corrected chi connectivity index (χ2v) is 7.63. The second kappa shape index (κ2) is 12.4. The van der Waals surface area contributed by atoms with Gasteiger partial charge in [0.05, 0.1) is 26.5 Å². The van der Waals surface area contributed by atoms with Crippen LogP contribution in [0.5, 0.6) is 17.2 Å². The number of hydrogen-bond donors (Lipinski definition) is 1. The van der Waals surface area contributed by atoms with Crippen molar-refractivity contribution in [2.24, 2.45) is 0 Å². The van der Waals surface area contributed by atoms with Crippen LogP contribution in [-0.4, -0.2) is 43.1 Å². The molecule has 3 rings (SSSR count). The lowest BCUT2D eigenvalue weighted by atomic mass is 10.1. The normalized spacial score (nSPS) is 10.6. The number of methoxy groups -OCH3 is 2. The van der Waals surface area contributed by atoms with E-state index in [9.17, 15) is 9.59 Å². The molecule has 3 aromatic rings. The minimum atomic E-state index is -0.191. The maximum Gasteiger partial charge on any atom is 0.266 e. The number of ether oxygens (including phenoxy) is 3. The molecule has 0 saturated heterocycles. The van der Waals surface area contributed by atoms with Gasteiger partial charge in [-0.05, 0) is 67.8 Å². The number of rotatable bonds is 12. The molecule has 1 aromatic heterocycles. The highest BCUT2D eigenvalue weighted by molar-refractivity contribution is 5.75. The van der Waals surface area contributed by atoms with Crippen LogP contribution in [0, 0.1) is 0 Å². The smallest absolute Gasteiger partial charge is 0.266 e. The van der Waals surface area contributed by atoms with E-state index in [1.165, 1.54) is 10.7 Å². The first-order valence-electron chi connectivity index (χ1n) is 11.3. The first-order valence-corrected chi connectivity index (χ1v) is 11.3. The fourth-order valence-electron chi connectivity index (χ4n) is 3.51. The molecular weight excluding hydrogens is 434 g/mol. The van der Waals surface area contributed by atoms with Crippen molar-refractivity contribution < 1.29 is 19.0 Å². The van der Waals surface area contributed by atoms with Gasteiger partial charge in [0.15, 0.2) is 11.5 Å². The van der Waals surface area contributed by atoms with Gasteiger partial charge in [-0.3, -0.25) is 9.59 Å². The summed E-state index contributed by atoms with van der Waals surface area (Å²) in [6.07, 6.45) is 1.51. The van der Waals surface area contributed by atoms with E-state index in [4.69, 9.17) is 14.2 Å². The Morgan fingerprint density at radius 3 is 2.47 bits per heavy atom. The first-order chi connectivity index (χ1) is 16.5. The Balaban J connectivity index is 1.48. The molecule has 0 atom stereocenters. The maximum absolute atomic E-state index is 12.2. The van der Waals surface area contributed by atoms with Crippen molar-refractivity contribution in [2.45, 2.75) is 32.7 Å². The molecule has 0 radical (unpaired) electrons. The maximum atomic E-state index is 12.2. The Morgan fingerprint density at radius 1 is 1.00 bits per heavy atom. The number of nitrogens with zero attached hydrogens (tertiary/aromatic N) is 2. The van der Waals surface area contributed by atoms with E-state index in [-0.39, 0.29) is 11.5 Å². The molecule has 2 aromatic carbocycles. The van der Waals surface area contributed by atoms with Gasteiger partial charge < -0.3 is 19.5 Å². The van der Waals surface area contributed by atoms with E-state index in [2.05, 4.69) is 10.4 Å². The predicted molar refractivity (Wildman–Crippen MR) is 131 cm³/mol. The molecule has 34 heavy (non-hydrogen) atoms. The van der Waals surface area contributed by atoms with Crippen molar-refractivity contribution >= 4 is 5.91 Å². The van der Waals surface area contributed by atoms with Crippen LogP contribution in [0.3, 0.4) is 0 Å². The Bertz CT molecular complexity index is 1140. The fourth-order valence-corrected chi connectivity index (χ4v) is 3.51. The quantitative estimate of drug-likeness (QED) is 0.440. The first kappa shape index (κ1) is 24.8. The molecule has 1 amide bonds. The Morgan fingerprint density at radius 2 is 1.76 bits per heavy atom. The molecule has 0 fully saturated rings. The van der Waals surface area contributed by atoms with Crippen LogP contribution in [-0.2, 0) is 17.8 Å². The standard InChI is InChI=1S/C26H31N3O5/c1-4-34-21-10-8-20(9-11-21)22-12-14-26(31)29(28-22)17-5-6-25(30)27-16-15-19-7-13-23(32-2)24(18-19)33-3/h7-14,18H,4-6,15-17H2,1-3H3,(H,27,30). The zero-order valence-electron chi connectivity index (χ0n) is 19.9. The van der Waals surface area contributed by atoms with Gasteiger partial charge in [0.1, 0.15) is 5.75 Å². The van der Waals surface area contributed by atoms with Crippen LogP contribution < -0.4 is 25.1 Å². The Kier molecular flexibility index (Phi) is 9.08.